The van der Waals surface area contributed by atoms with Crippen LogP contribution in [0.2, 0.25) is 0 Å². The minimum atomic E-state index is -0.0446. The lowest BCUT2D eigenvalue weighted by Gasteiger charge is -2.13. The first kappa shape index (κ1) is 13.7. The third kappa shape index (κ3) is 3.19. The number of aliphatic hydroxyl groups is 1. The van der Waals surface area contributed by atoms with Gasteiger partial charge in [0.05, 0.1) is 19.4 Å². The second kappa shape index (κ2) is 5.95. The van der Waals surface area contributed by atoms with Crippen LogP contribution in [0.1, 0.15) is 5.56 Å². The zero-order valence-electron chi connectivity index (χ0n) is 10.4. The lowest BCUT2D eigenvalue weighted by Crippen LogP contribution is -1.95. The number of methoxy groups -OCH3 is 1. The molecular weight excluding hydrogens is 310 g/mol. The van der Waals surface area contributed by atoms with E-state index in [-0.39, 0.29) is 6.61 Å². The Balaban J connectivity index is 2.32. The van der Waals surface area contributed by atoms with E-state index in [1.807, 2.05) is 6.07 Å². The van der Waals surface area contributed by atoms with Gasteiger partial charge in [-0.15, -0.1) is 0 Å². The molecule has 0 fully saturated rings. The molecule has 100 valence electrons. The van der Waals surface area contributed by atoms with Crippen molar-refractivity contribution in [3.63, 3.8) is 0 Å². The topological polar surface area (TPSA) is 64.7 Å². The molecule has 19 heavy (non-hydrogen) atoms. The summed E-state index contributed by atoms with van der Waals surface area (Å²) >= 11 is 3.34. The molecule has 3 N–H and O–H groups in total. The zero-order chi connectivity index (χ0) is 13.8. The van der Waals surface area contributed by atoms with Crippen LogP contribution < -0.4 is 15.2 Å². The average Bonchev–Trinajstić information content (AvgIpc) is 2.42. The summed E-state index contributed by atoms with van der Waals surface area (Å²) in [5.74, 6) is 1.65. The molecule has 0 amide bonds. The van der Waals surface area contributed by atoms with Crippen molar-refractivity contribution < 1.29 is 14.6 Å². The summed E-state index contributed by atoms with van der Waals surface area (Å²) in [6, 6.07) is 10.6. The van der Waals surface area contributed by atoms with Gasteiger partial charge in [0, 0.05) is 4.47 Å². The Morgan fingerprint density at radius 1 is 1.11 bits per heavy atom. The van der Waals surface area contributed by atoms with Crippen LogP contribution in [-0.2, 0) is 6.61 Å². The third-order valence-corrected chi connectivity index (χ3v) is 3.10. The largest absolute Gasteiger partial charge is 0.493 e. The third-order valence-electron chi connectivity index (χ3n) is 2.60. The lowest BCUT2D eigenvalue weighted by atomic mass is 10.2. The number of hydrogen-bond acceptors (Lipinski definition) is 4. The predicted octanol–water partition coefficient (Wildman–Crippen LogP) is 3.32. The van der Waals surface area contributed by atoms with E-state index in [0.717, 1.165) is 10.0 Å². The number of nitrogen functional groups attached to an aromatic ring is 1. The minimum Gasteiger partial charge on any atom is -0.493 e. The van der Waals surface area contributed by atoms with Crippen molar-refractivity contribution in [2.24, 2.45) is 0 Å². The van der Waals surface area contributed by atoms with Crippen molar-refractivity contribution in [3.8, 4) is 17.2 Å². The summed E-state index contributed by atoms with van der Waals surface area (Å²) in [5.41, 5.74) is 7.17. The Bertz CT molecular complexity index is 587. The maximum absolute atomic E-state index is 9.09. The van der Waals surface area contributed by atoms with E-state index < -0.39 is 0 Å². The van der Waals surface area contributed by atoms with Crippen LogP contribution in [0.25, 0.3) is 0 Å². The summed E-state index contributed by atoms with van der Waals surface area (Å²) in [7, 11) is 1.55. The average molecular weight is 324 g/mol. The highest BCUT2D eigenvalue weighted by molar-refractivity contribution is 9.10. The standard InChI is InChI=1S/C14H14BrNO3/c1-18-14-6-9(8-17)2-4-13(14)19-12-5-3-10(15)7-11(12)16/h2-7,17H,8,16H2,1H3. The molecule has 2 aromatic carbocycles. The van der Waals surface area contributed by atoms with E-state index in [1.54, 1.807) is 37.4 Å². The van der Waals surface area contributed by atoms with Crippen molar-refractivity contribution >= 4 is 21.6 Å². The van der Waals surface area contributed by atoms with Crippen molar-refractivity contribution in [1.82, 2.24) is 0 Å². The van der Waals surface area contributed by atoms with Gasteiger partial charge in [0.15, 0.2) is 17.2 Å². The van der Waals surface area contributed by atoms with Gasteiger partial charge in [0.25, 0.3) is 0 Å². The molecule has 0 spiro atoms. The number of hydrogen-bond donors (Lipinski definition) is 2. The fraction of sp³-hybridized carbons (Fsp3) is 0.143. The van der Waals surface area contributed by atoms with Crippen molar-refractivity contribution in [3.05, 3.63) is 46.4 Å². The molecular formula is C14H14BrNO3. The number of halogens is 1. The molecule has 0 aliphatic rings. The van der Waals surface area contributed by atoms with Gasteiger partial charge in [-0.1, -0.05) is 22.0 Å². The number of aliphatic hydroxyl groups excluding tert-OH is 1. The van der Waals surface area contributed by atoms with Crippen molar-refractivity contribution in [1.29, 1.82) is 0 Å². The monoisotopic (exact) mass is 323 g/mol. The highest BCUT2D eigenvalue weighted by Gasteiger charge is 2.09. The number of rotatable bonds is 4. The molecule has 0 aliphatic heterocycles. The van der Waals surface area contributed by atoms with E-state index in [9.17, 15) is 0 Å². The van der Waals surface area contributed by atoms with Gasteiger partial charge in [0.2, 0.25) is 0 Å². The molecule has 4 nitrogen and oxygen atoms in total. The Hall–Kier alpha value is -1.72. The first-order valence-electron chi connectivity index (χ1n) is 5.64. The van der Waals surface area contributed by atoms with Gasteiger partial charge < -0.3 is 20.3 Å². The second-order valence-electron chi connectivity index (χ2n) is 3.93. The van der Waals surface area contributed by atoms with Gasteiger partial charge in [-0.2, -0.15) is 0 Å². The lowest BCUT2D eigenvalue weighted by molar-refractivity contribution is 0.280. The van der Waals surface area contributed by atoms with Gasteiger partial charge in [-0.25, -0.2) is 0 Å². The molecule has 0 saturated carbocycles. The fourth-order valence-corrected chi connectivity index (χ4v) is 2.00. The molecule has 0 aliphatic carbocycles. The first-order chi connectivity index (χ1) is 9.13. The molecule has 2 rings (SSSR count). The van der Waals surface area contributed by atoms with E-state index in [4.69, 9.17) is 20.3 Å². The molecule has 0 heterocycles. The maximum atomic E-state index is 9.09. The first-order valence-corrected chi connectivity index (χ1v) is 6.44. The summed E-state index contributed by atoms with van der Waals surface area (Å²) in [4.78, 5) is 0. The minimum absolute atomic E-state index is 0.0446. The van der Waals surface area contributed by atoms with Crippen LogP contribution in [0.5, 0.6) is 17.2 Å². The second-order valence-corrected chi connectivity index (χ2v) is 4.84. The number of ether oxygens (including phenoxy) is 2. The predicted molar refractivity (Wildman–Crippen MR) is 77.5 cm³/mol. The van der Waals surface area contributed by atoms with E-state index >= 15 is 0 Å². The molecule has 0 atom stereocenters. The number of nitrogens with two attached hydrogens (primary N) is 1. The highest BCUT2D eigenvalue weighted by atomic mass is 79.9. The van der Waals surface area contributed by atoms with Crippen molar-refractivity contribution in [2.45, 2.75) is 6.61 Å². The summed E-state index contributed by atoms with van der Waals surface area (Å²) in [5, 5.41) is 9.09. The number of benzene rings is 2. The fourth-order valence-electron chi connectivity index (χ4n) is 1.63. The Kier molecular flexibility index (Phi) is 4.29. The summed E-state index contributed by atoms with van der Waals surface area (Å²) < 4.78 is 11.9. The number of anilines is 1. The van der Waals surface area contributed by atoms with Crippen LogP contribution in [0, 0.1) is 0 Å². The molecule has 0 bridgehead atoms. The van der Waals surface area contributed by atoms with Gasteiger partial charge in [0.1, 0.15) is 0 Å². The van der Waals surface area contributed by atoms with Gasteiger partial charge in [-0.3, -0.25) is 0 Å². The van der Waals surface area contributed by atoms with Crippen molar-refractivity contribution in [2.75, 3.05) is 12.8 Å². The highest BCUT2D eigenvalue weighted by Crippen LogP contribution is 2.35. The van der Waals surface area contributed by atoms with Crippen LogP contribution in [0.4, 0.5) is 5.69 Å². The van der Waals surface area contributed by atoms with Gasteiger partial charge in [-0.05, 0) is 35.9 Å². The van der Waals surface area contributed by atoms with Crippen LogP contribution in [0.15, 0.2) is 40.9 Å². The Labute approximate surface area is 119 Å². The zero-order valence-corrected chi connectivity index (χ0v) is 12.0. The molecule has 0 unspecified atom stereocenters. The summed E-state index contributed by atoms with van der Waals surface area (Å²) in [6.45, 7) is -0.0446. The summed E-state index contributed by atoms with van der Waals surface area (Å²) in [6.07, 6.45) is 0. The smallest absolute Gasteiger partial charge is 0.169 e. The molecule has 0 radical (unpaired) electrons. The van der Waals surface area contributed by atoms with Gasteiger partial charge >= 0.3 is 0 Å². The molecule has 0 saturated heterocycles. The van der Waals surface area contributed by atoms with Crippen LogP contribution in [-0.4, -0.2) is 12.2 Å². The van der Waals surface area contributed by atoms with Crippen LogP contribution >= 0.6 is 15.9 Å². The molecule has 5 heteroatoms. The van der Waals surface area contributed by atoms with Crippen LogP contribution in [0.3, 0.4) is 0 Å². The molecule has 2 aromatic rings. The maximum Gasteiger partial charge on any atom is 0.169 e. The SMILES string of the molecule is COc1cc(CO)ccc1Oc1ccc(Br)cc1N. The Morgan fingerprint density at radius 2 is 1.84 bits per heavy atom. The van der Waals surface area contributed by atoms with E-state index in [1.165, 1.54) is 0 Å². The molecule has 0 aromatic heterocycles. The quantitative estimate of drug-likeness (QED) is 0.847. The van der Waals surface area contributed by atoms with E-state index in [0.29, 0.717) is 22.9 Å². The Morgan fingerprint density at radius 3 is 2.47 bits per heavy atom. The normalized spacial score (nSPS) is 10.3. The van der Waals surface area contributed by atoms with E-state index in [2.05, 4.69) is 15.9 Å².